The second kappa shape index (κ2) is 7.54. The van der Waals surface area contributed by atoms with Crippen molar-refractivity contribution in [2.45, 2.75) is 17.5 Å². The predicted molar refractivity (Wildman–Crippen MR) is 81.2 cm³/mol. The van der Waals surface area contributed by atoms with Crippen LogP contribution in [0.2, 0.25) is 0 Å². The molecule has 0 bridgehead atoms. The summed E-state index contributed by atoms with van der Waals surface area (Å²) < 4.78 is 27.0. The molecular weight excluding hydrogens is 292 g/mol. The molecule has 0 fully saturated rings. The zero-order valence-electron chi connectivity index (χ0n) is 11.6. The molecule has 0 radical (unpaired) electrons. The van der Waals surface area contributed by atoms with Crippen LogP contribution < -0.4 is 5.32 Å². The molecule has 0 aliphatic carbocycles. The van der Waals surface area contributed by atoms with Crippen LogP contribution in [-0.2, 0) is 6.54 Å². The van der Waals surface area contributed by atoms with E-state index in [0.29, 0.717) is 6.54 Å². The van der Waals surface area contributed by atoms with Gasteiger partial charge in [-0.1, -0.05) is 18.2 Å². The lowest BCUT2D eigenvalue weighted by Gasteiger charge is -2.14. The van der Waals surface area contributed by atoms with Crippen molar-refractivity contribution >= 4 is 11.8 Å². The van der Waals surface area contributed by atoms with Crippen LogP contribution in [0.3, 0.4) is 0 Å². The Balaban J connectivity index is 1.90. The van der Waals surface area contributed by atoms with E-state index < -0.39 is 17.7 Å². The molecule has 0 aliphatic heterocycles. The Bertz CT molecular complexity index is 569. The minimum atomic E-state index is -1.21. The molecule has 1 atom stereocenters. The number of benzene rings is 2. The second-order valence-electron chi connectivity index (χ2n) is 4.63. The molecule has 2 N–H and O–H groups in total. The molecule has 21 heavy (non-hydrogen) atoms. The molecule has 5 heteroatoms. The summed E-state index contributed by atoms with van der Waals surface area (Å²) in [5, 5.41) is 12.9. The summed E-state index contributed by atoms with van der Waals surface area (Å²) in [5.41, 5.74) is 0.761. The highest BCUT2D eigenvalue weighted by Crippen LogP contribution is 2.20. The van der Waals surface area contributed by atoms with E-state index in [4.69, 9.17) is 0 Å². The number of aliphatic hydroxyl groups excluding tert-OH is 1. The third kappa shape index (κ3) is 4.27. The molecule has 2 aromatic carbocycles. The Morgan fingerprint density at radius 3 is 2.29 bits per heavy atom. The summed E-state index contributed by atoms with van der Waals surface area (Å²) in [4.78, 5) is 1.17. The third-order valence-electron chi connectivity index (χ3n) is 3.16. The van der Waals surface area contributed by atoms with Gasteiger partial charge in [-0.2, -0.15) is 0 Å². The number of hydrogen-bond donors (Lipinski definition) is 2. The largest absolute Gasteiger partial charge is 0.387 e. The van der Waals surface area contributed by atoms with E-state index in [9.17, 15) is 13.9 Å². The van der Waals surface area contributed by atoms with Gasteiger partial charge in [0.2, 0.25) is 0 Å². The van der Waals surface area contributed by atoms with Crippen molar-refractivity contribution in [3.8, 4) is 0 Å². The maximum absolute atomic E-state index is 13.5. The highest BCUT2D eigenvalue weighted by molar-refractivity contribution is 7.98. The molecule has 0 aromatic heterocycles. The van der Waals surface area contributed by atoms with E-state index in [-0.39, 0.29) is 12.1 Å². The van der Waals surface area contributed by atoms with Gasteiger partial charge < -0.3 is 10.4 Å². The number of nitrogens with one attached hydrogen (secondary N) is 1. The van der Waals surface area contributed by atoms with Crippen molar-refractivity contribution in [1.29, 1.82) is 0 Å². The lowest BCUT2D eigenvalue weighted by atomic mass is 10.1. The zero-order valence-corrected chi connectivity index (χ0v) is 12.5. The molecule has 1 unspecified atom stereocenters. The molecule has 0 spiro atoms. The van der Waals surface area contributed by atoms with Crippen molar-refractivity contribution in [3.05, 3.63) is 65.2 Å². The highest BCUT2D eigenvalue weighted by Gasteiger charge is 2.17. The van der Waals surface area contributed by atoms with Gasteiger partial charge in [0.25, 0.3) is 0 Å². The van der Waals surface area contributed by atoms with E-state index in [1.54, 1.807) is 11.8 Å². The van der Waals surface area contributed by atoms with Crippen LogP contribution in [0.1, 0.15) is 17.2 Å². The molecule has 112 valence electrons. The topological polar surface area (TPSA) is 32.3 Å². The fourth-order valence-electron chi connectivity index (χ4n) is 2.03. The first kappa shape index (κ1) is 15.9. The number of thioether (sulfide) groups is 1. The average Bonchev–Trinajstić information content (AvgIpc) is 2.48. The number of hydrogen-bond acceptors (Lipinski definition) is 3. The SMILES string of the molecule is CSc1ccc(CNCC(O)c2c(F)cccc2F)cc1. The van der Waals surface area contributed by atoms with Crippen molar-refractivity contribution in [2.24, 2.45) is 0 Å². The van der Waals surface area contributed by atoms with Crippen molar-refractivity contribution in [3.63, 3.8) is 0 Å². The monoisotopic (exact) mass is 309 g/mol. The van der Waals surface area contributed by atoms with Crippen molar-refractivity contribution in [2.75, 3.05) is 12.8 Å². The summed E-state index contributed by atoms with van der Waals surface area (Å²) >= 11 is 1.66. The summed E-state index contributed by atoms with van der Waals surface area (Å²) in [6.45, 7) is 0.615. The first-order chi connectivity index (χ1) is 10.1. The van der Waals surface area contributed by atoms with E-state index in [0.717, 1.165) is 17.7 Å². The van der Waals surface area contributed by atoms with Crippen molar-refractivity contribution in [1.82, 2.24) is 5.32 Å². The van der Waals surface area contributed by atoms with Gasteiger partial charge in [0.1, 0.15) is 11.6 Å². The van der Waals surface area contributed by atoms with Gasteiger partial charge in [-0.25, -0.2) is 8.78 Å². The molecule has 0 amide bonds. The molecule has 2 rings (SSSR count). The minimum absolute atomic E-state index is 0.0854. The van der Waals surface area contributed by atoms with Gasteiger partial charge >= 0.3 is 0 Å². The van der Waals surface area contributed by atoms with Crippen LogP contribution >= 0.6 is 11.8 Å². The van der Waals surface area contributed by atoms with Crippen molar-refractivity contribution < 1.29 is 13.9 Å². The third-order valence-corrected chi connectivity index (χ3v) is 3.90. The van der Waals surface area contributed by atoms with E-state index >= 15 is 0 Å². The Hall–Kier alpha value is -1.43. The number of rotatable bonds is 6. The predicted octanol–water partition coefficient (Wildman–Crippen LogP) is 3.51. The van der Waals surface area contributed by atoms with Gasteiger partial charge in [0.15, 0.2) is 0 Å². The van der Waals surface area contributed by atoms with Crippen LogP contribution in [0.15, 0.2) is 47.4 Å². The van der Waals surface area contributed by atoms with Crippen LogP contribution in [0, 0.1) is 11.6 Å². The smallest absolute Gasteiger partial charge is 0.131 e. The standard InChI is InChI=1S/C16H17F2NOS/c1-21-12-7-5-11(6-8-12)9-19-10-15(20)16-13(17)3-2-4-14(16)18/h2-8,15,19-20H,9-10H2,1H3. The fourth-order valence-corrected chi connectivity index (χ4v) is 2.44. The van der Waals surface area contributed by atoms with E-state index in [2.05, 4.69) is 5.32 Å². The summed E-state index contributed by atoms with van der Waals surface area (Å²) in [7, 11) is 0. The molecule has 0 saturated carbocycles. The first-order valence-corrected chi connectivity index (χ1v) is 7.80. The Kier molecular flexibility index (Phi) is 5.73. The van der Waals surface area contributed by atoms with Gasteiger partial charge in [-0.3, -0.25) is 0 Å². The lowest BCUT2D eigenvalue weighted by molar-refractivity contribution is 0.164. The molecule has 2 aromatic rings. The van der Waals surface area contributed by atoms with E-state index in [1.165, 1.54) is 11.0 Å². The average molecular weight is 309 g/mol. The van der Waals surface area contributed by atoms with Crippen LogP contribution in [0.5, 0.6) is 0 Å². The van der Waals surface area contributed by atoms with Crippen LogP contribution in [0.25, 0.3) is 0 Å². The second-order valence-corrected chi connectivity index (χ2v) is 5.51. The maximum atomic E-state index is 13.5. The molecule has 2 nitrogen and oxygen atoms in total. The molecule has 0 aliphatic rings. The minimum Gasteiger partial charge on any atom is -0.387 e. The van der Waals surface area contributed by atoms with Gasteiger partial charge in [0, 0.05) is 18.0 Å². The highest BCUT2D eigenvalue weighted by atomic mass is 32.2. The Labute approximate surface area is 127 Å². The van der Waals surface area contributed by atoms with Crippen LogP contribution in [-0.4, -0.2) is 17.9 Å². The normalized spacial score (nSPS) is 12.4. The van der Waals surface area contributed by atoms with Crippen LogP contribution in [0.4, 0.5) is 8.78 Å². The first-order valence-electron chi connectivity index (χ1n) is 6.57. The quantitative estimate of drug-likeness (QED) is 0.801. The summed E-state index contributed by atoms with van der Waals surface area (Å²) in [5.74, 6) is -1.46. The summed E-state index contributed by atoms with van der Waals surface area (Å²) in [6.07, 6.45) is 0.795. The number of halogens is 2. The Morgan fingerprint density at radius 1 is 1.10 bits per heavy atom. The molecule has 0 heterocycles. The Morgan fingerprint density at radius 2 is 1.71 bits per heavy atom. The van der Waals surface area contributed by atoms with Gasteiger partial charge in [-0.15, -0.1) is 11.8 Å². The van der Waals surface area contributed by atoms with Gasteiger partial charge in [0.05, 0.1) is 11.7 Å². The van der Waals surface area contributed by atoms with Gasteiger partial charge in [-0.05, 0) is 36.1 Å². The molecule has 0 saturated heterocycles. The fraction of sp³-hybridized carbons (Fsp3) is 0.250. The zero-order chi connectivity index (χ0) is 15.2. The molecular formula is C16H17F2NOS. The lowest BCUT2D eigenvalue weighted by Crippen LogP contribution is -2.22. The summed E-state index contributed by atoms with van der Waals surface area (Å²) in [6, 6.07) is 11.5. The van der Waals surface area contributed by atoms with E-state index in [1.807, 2.05) is 30.5 Å². The number of aliphatic hydroxyl groups is 1. The maximum Gasteiger partial charge on any atom is 0.131 e.